The van der Waals surface area contributed by atoms with E-state index in [0.717, 1.165) is 31.8 Å². The van der Waals surface area contributed by atoms with Crippen molar-refractivity contribution >= 4 is 5.91 Å². The number of likely N-dealkylation sites (tertiary alicyclic amines) is 1. The van der Waals surface area contributed by atoms with E-state index in [1.54, 1.807) is 28.8 Å². The summed E-state index contributed by atoms with van der Waals surface area (Å²) in [5.41, 5.74) is 0.610. The molecule has 1 aliphatic heterocycles. The Hall–Kier alpha value is -2.29. The Kier molecular flexibility index (Phi) is 4.89. The first-order valence-corrected chi connectivity index (χ1v) is 8.27. The fraction of sp³-hybridized carbons (Fsp3) is 0.667. The summed E-state index contributed by atoms with van der Waals surface area (Å²) in [6.07, 6.45) is 5.44. The highest BCUT2D eigenvalue weighted by Gasteiger charge is 2.26. The molecule has 0 spiro atoms. The van der Waals surface area contributed by atoms with Crippen molar-refractivity contribution in [3.63, 3.8) is 0 Å². The minimum atomic E-state index is -0.0518. The number of tetrazole rings is 1. The number of carbonyl (C=O) groups is 1. The molecule has 1 aliphatic rings. The number of carbonyl (C=O) groups excluding carboxylic acids is 1. The van der Waals surface area contributed by atoms with E-state index in [1.807, 2.05) is 7.05 Å². The summed E-state index contributed by atoms with van der Waals surface area (Å²) in [5, 5.41) is 18.8. The first kappa shape index (κ1) is 16.6. The fourth-order valence-electron chi connectivity index (χ4n) is 3.18. The van der Waals surface area contributed by atoms with Crippen LogP contribution < -0.4 is 5.32 Å². The predicted octanol–water partition coefficient (Wildman–Crippen LogP) is 0.147. The smallest absolute Gasteiger partial charge is 0.254 e. The van der Waals surface area contributed by atoms with Crippen LogP contribution >= 0.6 is 0 Å². The highest BCUT2D eigenvalue weighted by Crippen LogP contribution is 2.24. The zero-order chi connectivity index (χ0) is 17.1. The van der Waals surface area contributed by atoms with Crippen LogP contribution in [0.15, 0.2) is 12.4 Å². The Balaban J connectivity index is 1.45. The second kappa shape index (κ2) is 7.08. The minimum absolute atomic E-state index is 0.0518. The lowest BCUT2D eigenvalue weighted by Gasteiger charge is -2.35. The molecule has 0 radical (unpaired) electrons. The van der Waals surface area contributed by atoms with E-state index in [1.165, 1.54) is 0 Å². The van der Waals surface area contributed by atoms with Gasteiger partial charge in [-0.3, -0.25) is 14.4 Å². The Morgan fingerprint density at radius 2 is 2.12 bits per heavy atom. The first-order chi connectivity index (χ1) is 11.5. The van der Waals surface area contributed by atoms with Gasteiger partial charge in [-0.2, -0.15) is 5.10 Å². The molecule has 3 rings (SSSR count). The number of aromatic nitrogens is 6. The molecule has 2 aromatic rings. The number of hydrogen-bond donors (Lipinski definition) is 1. The summed E-state index contributed by atoms with van der Waals surface area (Å²) in [7, 11) is 3.67. The summed E-state index contributed by atoms with van der Waals surface area (Å²) in [6, 6.07) is 0.205. The number of nitrogens with one attached hydrogen (secondary N) is 1. The molecule has 0 aliphatic carbocycles. The van der Waals surface area contributed by atoms with Gasteiger partial charge in [0.05, 0.1) is 17.8 Å². The number of hydrogen-bond acceptors (Lipinski definition) is 6. The van der Waals surface area contributed by atoms with Crippen LogP contribution in [0.1, 0.15) is 42.0 Å². The third-order valence-electron chi connectivity index (χ3n) is 4.74. The van der Waals surface area contributed by atoms with E-state index in [2.05, 4.69) is 37.8 Å². The average molecular weight is 332 g/mol. The normalized spacial score (nSPS) is 17.8. The van der Waals surface area contributed by atoms with Crippen LogP contribution in [0.2, 0.25) is 0 Å². The van der Waals surface area contributed by atoms with Gasteiger partial charge in [-0.25, -0.2) is 4.68 Å². The Labute approximate surface area is 141 Å². The van der Waals surface area contributed by atoms with Gasteiger partial charge in [-0.1, -0.05) is 0 Å². The number of amides is 1. The van der Waals surface area contributed by atoms with Crippen molar-refractivity contribution in [3.8, 4) is 0 Å². The predicted molar refractivity (Wildman–Crippen MR) is 87.1 cm³/mol. The summed E-state index contributed by atoms with van der Waals surface area (Å²) in [4.78, 5) is 14.5. The molecular formula is C15H24N8O. The highest BCUT2D eigenvalue weighted by molar-refractivity contribution is 5.93. The van der Waals surface area contributed by atoms with E-state index < -0.39 is 0 Å². The number of piperidine rings is 1. The number of rotatable bonds is 5. The maximum Gasteiger partial charge on any atom is 0.254 e. The molecule has 0 saturated carbocycles. The minimum Gasteiger partial charge on any atom is -0.352 e. The highest BCUT2D eigenvalue weighted by atomic mass is 16.1. The summed E-state index contributed by atoms with van der Waals surface area (Å²) >= 11 is 0. The van der Waals surface area contributed by atoms with E-state index in [9.17, 15) is 4.79 Å². The van der Waals surface area contributed by atoms with Crippen LogP contribution in [0.3, 0.4) is 0 Å². The quantitative estimate of drug-likeness (QED) is 0.837. The molecule has 130 valence electrons. The van der Waals surface area contributed by atoms with Crippen molar-refractivity contribution in [3.05, 3.63) is 23.8 Å². The third-order valence-corrected chi connectivity index (χ3v) is 4.74. The molecule has 1 unspecified atom stereocenters. The molecule has 1 saturated heterocycles. The molecule has 9 heteroatoms. The zero-order valence-corrected chi connectivity index (χ0v) is 14.4. The fourth-order valence-corrected chi connectivity index (χ4v) is 3.18. The summed E-state index contributed by atoms with van der Waals surface area (Å²) in [5.74, 6) is 1.34. The molecule has 2 aromatic heterocycles. The zero-order valence-electron chi connectivity index (χ0n) is 14.4. The maximum absolute atomic E-state index is 12.1. The standard InChI is InChI=1S/C15H24N8O/c1-11(14-18-19-20-22(14)3)23-6-4-12(5-7-23)8-16-15(24)13-9-17-21(2)10-13/h9-12H,4-8H2,1-3H3,(H,16,24). The van der Waals surface area contributed by atoms with Crippen molar-refractivity contribution in [1.29, 1.82) is 0 Å². The molecule has 1 amide bonds. The lowest BCUT2D eigenvalue weighted by Crippen LogP contribution is -2.40. The van der Waals surface area contributed by atoms with Crippen molar-refractivity contribution < 1.29 is 4.79 Å². The van der Waals surface area contributed by atoms with Gasteiger partial charge >= 0.3 is 0 Å². The van der Waals surface area contributed by atoms with E-state index in [0.29, 0.717) is 18.0 Å². The molecule has 3 heterocycles. The lowest BCUT2D eigenvalue weighted by molar-refractivity contribution is 0.0924. The van der Waals surface area contributed by atoms with Crippen LogP contribution in [-0.4, -0.2) is 60.4 Å². The molecule has 9 nitrogen and oxygen atoms in total. The Bertz CT molecular complexity index is 685. The molecule has 0 aromatic carbocycles. The van der Waals surface area contributed by atoms with E-state index in [-0.39, 0.29) is 11.9 Å². The molecule has 1 N–H and O–H groups in total. The van der Waals surface area contributed by atoms with Gasteiger partial charge in [0.1, 0.15) is 0 Å². The van der Waals surface area contributed by atoms with Gasteiger partial charge in [0.15, 0.2) is 5.82 Å². The molecule has 1 fully saturated rings. The third kappa shape index (κ3) is 3.61. The Morgan fingerprint density at radius 3 is 2.71 bits per heavy atom. The van der Waals surface area contributed by atoms with Crippen LogP contribution in [0.25, 0.3) is 0 Å². The number of aryl methyl sites for hydroxylation is 2. The Morgan fingerprint density at radius 1 is 1.38 bits per heavy atom. The first-order valence-electron chi connectivity index (χ1n) is 8.27. The second-order valence-corrected chi connectivity index (χ2v) is 6.43. The van der Waals surface area contributed by atoms with Crippen molar-refractivity contribution in [2.75, 3.05) is 19.6 Å². The monoisotopic (exact) mass is 332 g/mol. The van der Waals surface area contributed by atoms with Crippen molar-refractivity contribution in [2.24, 2.45) is 20.0 Å². The van der Waals surface area contributed by atoms with Gasteiger partial charge in [0, 0.05) is 26.8 Å². The lowest BCUT2D eigenvalue weighted by atomic mass is 9.95. The molecule has 0 bridgehead atoms. The van der Waals surface area contributed by atoms with Crippen LogP contribution in [-0.2, 0) is 14.1 Å². The van der Waals surface area contributed by atoms with E-state index in [4.69, 9.17) is 0 Å². The summed E-state index contributed by atoms with van der Waals surface area (Å²) in [6.45, 7) is 4.82. The second-order valence-electron chi connectivity index (χ2n) is 6.43. The van der Waals surface area contributed by atoms with Crippen LogP contribution in [0.4, 0.5) is 0 Å². The molecule has 1 atom stereocenters. The van der Waals surface area contributed by atoms with Crippen molar-refractivity contribution in [1.82, 2.24) is 40.2 Å². The average Bonchev–Trinajstić information content (AvgIpc) is 3.21. The topological polar surface area (TPSA) is 93.8 Å². The van der Waals surface area contributed by atoms with Gasteiger partial charge < -0.3 is 5.32 Å². The molecular weight excluding hydrogens is 308 g/mol. The van der Waals surface area contributed by atoms with Gasteiger partial charge in [-0.05, 0) is 49.2 Å². The molecule has 24 heavy (non-hydrogen) atoms. The van der Waals surface area contributed by atoms with E-state index >= 15 is 0 Å². The number of nitrogens with zero attached hydrogens (tertiary/aromatic N) is 7. The SMILES string of the molecule is CC(c1nnnn1C)N1CCC(CNC(=O)c2cnn(C)c2)CC1. The summed E-state index contributed by atoms with van der Waals surface area (Å²) < 4.78 is 3.36. The van der Waals surface area contributed by atoms with Gasteiger partial charge in [0.2, 0.25) is 0 Å². The van der Waals surface area contributed by atoms with Crippen molar-refractivity contribution in [2.45, 2.75) is 25.8 Å². The van der Waals surface area contributed by atoms with Gasteiger partial charge in [0.25, 0.3) is 5.91 Å². The van der Waals surface area contributed by atoms with Crippen LogP contribution in [0.5, 0.6) is 0 Å². The van der Waals surface area contributed by atoms with Gasteiger partial charge in [-0.15, -0.1) is 5.10 Å². The maximum atomic E-state index is 12.1. The largest absolute Gasteiger partial charge is 0.352 e. The van der Waals surface area contributed by atoms with Crippen LogP contribution in [0, 0.1) is 5.92 Å².